The van der Waals surface area contributed by atoms with Crippen molar-refractivity contribution in [3.63, 3.8) is 0 Å². The summed E-state index contributed by atoms with van der Waals surface area (Å²) in [5, 5.41) is 3.58. The number of amides is 1. The summed E-state index contributed by atoms with van der Waals surface area (Å²) >= 11 is 9.52. The number of halogens is 2. The zero-order chi connectivity index (χ0) is 16.9. The fourth-order valence-electron chi connectivity index (χ4n) is 2.42. The number of furan rings is 1. The van der Waals surface area contributed by atoms with E-state index in [4.69, 9.17) is 20.8 Å². The molecule has 8 heteroatoms. The molecule has 1 N–H and O–H groups in total. The lowest BCUT2D eigenvalue weighted by Crippen LogP contribution is -2.40. The maximum absolute atomic E-state index is 12.4. The van der Waals surface area contributed by atoms with Crippen LogP contribution in [0.2, 0.25) is 5.02 Å². The smallest absolute Gasteiger partial charge is 0.255 e. The average molecular weight is 415 g/mol. The molecule has 0 bridgehead atoms. The lowest BCUT2D eigenvalue weighted by atomic mass is 10.2. The summed E-state index contributed by atoms with van der Waals surface area (Å²) in [6.45, 7) is 2.94. The molecule has 1 amide bonds. The maximum atomic E-state index is 12.4. The molecule has 1 aliphatic heterocycles. The molecular formula is C16H17BrClN3O3. The third-order valence-corrected chi connectivity index (χ3v) is 4.39. The van der Waals surface area contributed by atoms with E-state index in [9.17, 15) is 4.79 Å². The zero-order valence-corrected chi connectivity index (χ0v) is 15.3. The number of hydrogen-bond acceptors (Lipinski definition) is 5. The second-order valence-electron chi connectivity index (χ2n) is 5.34. The summed E-state index contributed by atoms with van der Waals surface area (Å²) in [4.78, 5) is 18.4. The Morgan fingerprint density at radius 1 is 1.38 bits per heavy atom. The Kier molecular flexibility index (Phi) is 5.76. The van der Waals surface area contributed by atoms with Crippen LogP contribution < -0.4 is 5.32 Å². The van der Waals surface area contributed by atoms with Gasteiger partial charge in [-0.3, -0.25) is 4.79 Å². The van der Waals surface area contributed by atoms with Crippen LogP contribution in [-0.4, -0.2) is 48.6 Å². The van der Waals surface area contributed by atoms with Crippen LogP contribution in [0.15, 0.2) is 33.5 Å². The van der Waals surface area contributed by atoms with Crippen molar-refractivity contribution in [1.29, 1.82) is 0 Å². The van der Waals surface area contributed by atoms with Crippen LogP contribution >= 0.6 is 27.5 Å². The number of rotatable bonds is 5. The van der Waals surface area contributed by atoms with Gasteiger partial charge in [-0.1, -0.05) is 11.6 Å². The molecule has 6 nitrogen and oxygen atoms in total. The number of nitrogens with zero attached hydrogens (tertiary/aromatic N) is 2. The van der Waals surface area contributed by atoms with Crippen molar-refractivity contribution in [2.45, 2.75) is 6.42 Å². The number of anilines is 1. The number of ether oxygens (including phenoxy) is 1. The van der Waals surface area contributed by atoms with Gasteiger partial charge >= 0.3 is 0 Å². The number of carbonyl (C=O) groups excluding carboxylic acids is 1. The number of pyridine rings is 1. The summed E-state index contributed by atoms with van der Waals surface area (Å²) < 4.78 is 11.4. The van der Waals surface area contributed by atoms with E-state index in [1.54, 1.807) is 17.2 Å². The highest BCUT2D eigenvalue weighted by Gasteiger charge is 2.19. The van der Waals surface area contributed by atoms with E-state index in [-0.39, 0.29) is 5.91 Å². The molecule has 1 saturated heterocycles. The van der Waals surface area contributed by atoms with Gasteiger partial charge < -0.3 is 19.4 Å². The zero-order valence-electron chi connectivity index (χ0n) is 12.9. The van der Waals surface area contributed by atoms with Gasteiger partial charge in [0.25, 0.3) is 5.91 Å². The van der Waals surface area contributed by atoms with Crippen molar-refractivity contribution >= 4 is 39.3 Å². The molecule has 0 atom stereocenters. The molecule has 2 aromatic rings. The van der Waals surface area contributed by atoms with Crippen molar-refractivity contribution in [2.75, 3.05) is 38.2 Å². The average Bonchev–Trinajstić information content (AvgIpc) is 3.02. The van der Waals surface area contributed by atoms with Crippen LogP contribution in [-0.2, 0) is 11.2 Å². The Balaban J connectivity index is 1.58. The second kappa shape index (κ2) is 8.00. The Bertz CT molecular complexity index is 716. The highest BCUT2D eigenvalue weighted by Crippen LogP contribution is 2.21. The Hall–Kier alpha value is -1.57. The van der Waals surface area contributed by atoms with Gasteiger partial charge in [0.05, 0.1) is 23.8 Å². The van der Waals surface area contributed by atoms with Gasteiger partial charge in [-0.2, -0.15) is 0 Å². The fraction of sp³-hybridized carbons (Fsp3) is 0.375. The van der Waals surface area contributed by atoms with E-state index in [1.165, 1.54) is 0 Å². The number of aromatic nitrogens is 1. The molecule has 1 fully saturated rings. The summed E-state index contributed by atoms with van der Waals surface area (Å²) in [7, 11) is 0. The lowest BCUT2D eigenvalue weighted by Gasteiger charge is -2.26. The molecule has 0 radical (unpaired) electrons. The normalized spacial score (nSPS) is 14.7. The van der Waals surface area contributed by atoms with E-state index < -0.39 is 0 Å². The first-order valence-corrected chi connectivity index (χ1v) is 8.81. The Morgan fingerprint density at radius 3 is 2.83 bits per heavy atom. The summed E-state index contributed by atoms with van der Waals surface area (Å²) in [6.07, 6.45) is 2.26. The van der Waals surface area contributed by atoms with Crippen molar-refractivity contribution in [3.05, 3.63) is 45.4 Å². The first kappa shape index (κ1) is 17.3. The topological polar surface area (TPSA) is 67.6 Å². The van der Waals surface area contributed by atoms with E-state index in [0.29, 0.717) is 60.3 Å². The molecule has 24 heavy (non-hydrogen) atoms. The third kappa shape index (κ3) is 4.28. The third-order valence-electron chi connectivity index (χ3n) is 3.68. The molecular weight excluding hydrogens is 398 g/mol. The summed E-state index contributed by atoms with van der Waals surface area (Å²) in [6, 6.07) is 5.41. The van der Waals surface area contributed by atoms with Crippen LogP contribution in [0.3, 0.4) is 0 Å². The predicted octanol–water partition coefficient (Wildman–Crippen LogP) is 3.22. The van der Waals surface area contributed by atoms with Crippen LogP contribution in [0.4, 0.5) is 5.82 Å². The van der Waals surface area contributed by atoms with Gasteiger partial charge in [0.15, 0.2) is 4.67 Å². The number of carbonyl (C=O) groups is 1. The molecule has 2 aromatic heterocycles. The van der Waals surface area contributed by atoms with Crippen molar-refractivity contribution in [1.82, 2.24) is 9.88 Å². The van der Waals surface area contributed by atoms with Gasteiger partial charge in [0.2, 0.25) is 0 Å². The quantitative estimate of drug-likeness (QED) is 0.814. The summed E-state index contributed by atoms with van der Waals surface area (Å²) in [5.41, 5.74) is 0.488. The minimum Gasteiger partial charge on any atom is -0.454 e. The Labute approximate surface area is 153 Å². The monoisotopic (exact) mass is 413 g/mol. The van der Waals surface area contributed by atoms with Gasteiger partial charge in [-0.25, -0.2) is 4.98 Å². The highest BCUT2D eigenvalue weighted by atomic mass is 79.9. The highest BCUT2D eigenvalue weighted by molar-refractivity contribution is 9.10. The van der Waals surface area contributed by atoms with Crippen LogP contribution in [0.25, 0.3) is 0 Å². The van der Waals surface area contributed by atoms with E-state index >= 15 is 0 Å². The van der Waals surface area contributed by atoms with Gasteiger partial charge in [0, 0.05) is 32.3 Å². The van der Waals surface area contributed by atoms with Crippen molar-refractivity contribution in [3.8, 4) is 0 Å². The standard InChI is InChI=1S/C16H17BrClN3O3/c17-14-2-1-12(24-14)3-4-19-15-13(18)9-11(10-20-15)16(22)21-5-7-23-8-6-21/h1-2,9-10H,3-8H2,(H,19,20). The first-order valence-electron chi connectivity index (χ1n) is 7.64. The number of morpholine rings is 1. The maximum Gasteiger partial charge on any atom is 0.255 e. The molecule has 0 spiro atoms. The molecule has 0 saturated carbocycles. The molecule has 0 unspecified atom stereocenters. The number of nitrogens with one attached hydrogen (secondary N) is 1. The van der Waals surface area contributed by atoms with Crippen LogP contribution in [0, 0.1) is 0 Å². The molecule has 0 aromatic carbocycles. The molecule has 3 rings (SSSR count). The molecule has 0 aliphatic carbocycles. The van der Waals surface area contributed by atoms with E-state index in [1.807, 2.05) is 12.1 Å². The van der Waals surface area contributed by atoms with Crippen LogP contribution in [0.1, 0.15) is 16.1 Å². The van der Waals surface area contributed by atoms with Crippen LogP contribution in [0.5, 0.6) is 0 Å². The molecule has 3 heterocycles. The fourth-order valence-corrected chi connectivity index (χ4v) is 3.00. The van der Waals surface area contributed by atoms with Gasteiger partial charge in [0.1, 0.15) is 11.6 Å². The number of hydrogen-bond donors (Lipinski definition) is 1. The van der Waals surface area contributed by atoms with Gasteiger partial charge in [-0.15, -0.1) is 0 Å². The Morgan fingerprint density at radius 2 is 2.17 bits per heavy atom. The summed E-state index contributed by atoms with van der Waals surface area (Å²) in [5.74, 6) is 1.35. The van der Waals surface area contributed by atoms with E-state index in [2.05, 4.69) is 26.2 Å². The largest absolute Gasteiger partial charge is 0.454 e. The predicted molar refractivity (Wildman–Crippen MR) is 94.6 cm³/mol. The molecule has 1 aliphatic rings. The molecule has 128 valence electrons. The minimum atomic E-state index is -0.0697. The first-order chi connectivity index (χ1) is 11.6. The lowest BCUT2D eigenvalue weighted by molar-refractivity contribution is 0.0302. The minimum absolute atomic E-state index is 0.0697. The second-order valence-corrected chi connectivity index (χ2v) is 6.53. The van der Waals surface area contributed by atoms with Gasteiger partial charge in [-0.05, 0) is 34.1 Å². The van der Waals surface area contributed by atoms with Crippen molar-refractivity contribution in [2.24, 2.45) is 0 Å². The van der Waals surface area contributed by atoms with Crippen molar-refractivity contribution < 1.29 is 13.9 Å². The SMILES string of the molecule is O=C(c1cnc(NCCc2ccc(Br)o2)c(Cl)c1)N1CCOCC1. The van der Waals surface area contributed by atoms with E-state index in [0.717, 1.165) is 5.76 Å².